The molecule has 1 heterocycles. The second-order valence-electron chi connectivity index (χ2n) is 5.25. The summed E-state index contributed by atoms with van der Waals surface area (Å²) < 4.78 is 0. The minimum absolute atomic E-state index is 0.158. The summed E-state index contributed by atoms with van der Waals surface area (Å²) >= 11 is 0. The number of nitrogens with two attached hydrogens (primary N) is 1. The summed E-state index contributed by atoms with van der Waals surface area (Å²) in [7, 11) is 1.72. The third kappa shape index (κ3) is 3.96. The lowest BCUT2D eigenvalue weighted by Crippen LogP contribution is -2.42. The maximum Gasteiger partial charge on any atom is 0.224 e. The average molecular weight is 261 g/mol. The molecule has 1 aliphatic rings. The first-order valence-electron chi connectivity index (χ1n) is 6.97. The number of likely N-dealkylation sites (tertiary alicyclic amines) is 1. The molecule has 1 aliphatic heterocycles. The predicted octanol–water partition coefficient (Wildman–Crippen LogP) is 1.27. The fraction of sp³-hybridized carbons (Fsp3) is 0.533. The van der Waals surface area contributed by atoms with Crippen LogP contribution in [0.2, 0.25) is 0 Å². The molecule has 0 aromatic heterocycles. The van der Waals surface area contributed by atoms with Crippen molar-refractivity contribution in [1.82, 2.24) is 10.2 Å². The van der Waals surface area contributed by atoms with Crippen molar-refractivity contribution < 1.29 is 4.79 Å². The molecule has 1 aromatic rings. The standard InChI is InChI=1S/C15H23N3O/c1-17-15(19)13-3-2-9-18(11-13)10-8-12-4-6-14(16)7-5-12/h4-7,13H,2-3,8-11,16H2,1H3,(H,17,19). The molecule has 3 N–H and O–H groups in total. The first kappa shape index (κ1) is 13.9. The van der Waals surface area contributed by atoms with Gasteiger partial charge >= 0.3 is 0 Å². The molecule has 1 aromatic carbocycles. The molecular weight excluding hydrogens is 238 g/mol. The Morgan fingerprint density at radius 2 is 2.16 bits per heavy atom. The second kappa shape index (κ2) is 6.57. The molecule has 0 bridgehead atoms. The number of hydrogen-bond acceptors (Lipinski definition) is 3. The summed E-state index contributed by atoms with van der Waals surface area (Å²) in [5.74, 6) is 0.336. The summed E-state index contributed by atoms with van der Waals surface area (Å²) in [5, 5.41) is 2.76. The van der Waals surface area contributed by atoms with Crippen LogP contribution < -0.4 is 11.1 Å². The van der Waals surface area contributed by atoms with E-state index in [1.807, 2.05) is 12.1 Å². The Morgan fingerprint density at radius 1 is 1.42 bits per heavy atom. The molecule has 2 rings (SSSR count). The van der Waals surface area contributed by atoms with Crippen molar-refractivity contribution in [2.75, 3.05) is 32.4 Å². The van der Waals surface area contributed by atoms with E-state index in [9.17, 15) is 4.79 Å². The highest BCUT2D eigenvalue weighted by molar-refractivity contribution is 5.78. The van der Waals surface area contributed by atoms with Gasteiger partial charge in [0, 0.05) is 25.8 Å². The first-order valence-corrected chi connectivity index (χ1v) is 6.97. The normalized spacial score (nSPS) is 20.2. The molecule has 0 aliphatic carbocycles. The molecule has 0 saturated carbocycles. The summed E-state index contributed by atoms with van der Waals surface area (Å²) in [6.07, 6.45) is 3.14. The van der Waals surface area contributed by atoms with Crippen molar-refractivity contribution in [1.29, 1.82) is 0 Å². The molecule has 1 fully saturated rings. The summed E-state index contributed by atoms with van der Waals surface area (Å²) in [6.45, 7) is 2.99. The smallest absolute Gasteiger partial charge is 0.224 e. The van der Waals surface area contributed by atoms with E-state index < -0.39 is 0 Å². The van der Waals surface area contributed by atoms with Crippen LogP contribution >= 0.6 is 0 Å². The fourth-order valence-electron chi connectivity index (χ4n) is 2.65. The quantitative estimate of drug-likeness (QED) is 0.803. The maximum absolute atomic E-state index is 11.7. The lowest BCUT2D eigenvalue weighted by Gasteiger charge is -2.31. The summed E-state index contributed by atoms with van der Waals surface area (Å²) in [4.78, 5) is 14.1. The molecule has 1 unspecified atom stereocenters. The highest BCUT2D eigenvalue weighted by Crippen LogP contribution is 2.17. The molecule has 19 heavy (non-hydrogen) atoms. The average Bonchev–Trinajstić information content (AvgIpc) is 2.46. The number of nitrogens with zero attached hydrogens (tertiary/aromatic N) is 1. The van der Waals surface area contributed by atoms with Crippen LogP contribution in [-0.2, 0) is 11.2 Å². The van der Waals surface area contributed by atoms with Gasteiger partial charge in [-0.15, -0.1) is 0 Å². The zero-order valence-electron chi connectivity index (χ0n) is 11.6. The van der Waals surface area contributed by atoms with Crippen LogP contribution in [0.5, 0.6) is 0 Å². The van der Waals surface area contributed by atoms with Gasteiger partial charge in [-0.2, -0.15) is 0 Å². The number of amides is 1. The van der Waals surface area contributed by atoms with Crippen LogP contribution in [0.15, 0.2) is 24.3 Å². The molecule has 4 nitrogen and oxygen atoms in total. The van der Waals surface area contributed by atoms with Gasteiger partial charge in [0.1, 0.15) is 0 Å². The monoisotopic (exact) mass is 261 g/mol. The van der Waals surface area contributed by atoms with Crippen LogP contribution in [0.4, 0.5) is 5.69 Å². The predicted molar refractivity (Wildman–Crippen MR) is 77.8 cm³/mol. The summed E-state index contributed by atoms with van der Waals surface area (Å²) in [6, 6.07) is 8.04. The van der Waals surface area contributed by atoms with Gasteiger partial charge in [-0.05, 0) is 43.5 Å². The van der Waals surface area contributed by atoms with E-state index >= 15 is 0 Å². The van der Waals surface area contributed by atoms with Gasteiger partial charge in [-0.3, -0.25) is 4.79 Å². The number of carbonyl (C=O) groups excluding carboxylic acids is 1. The number of benzene rings is 1. The van der Waals surface area contributed by atoms with Gasteiger partial charge < -0.3 is 16.0 Å². The van der Waals surface area contributed by atoms with E-state index in [1.54, 1.807) is 7.05 Å². The zero-order valence-corrected chi connectivity index (χ0v) is 11.6. The van der Waals surface area contributed by atoms with Crippen molar-refractivity contribution in [3.8, 4) is 0 Å². The Labute approximate surface area is 115 Å². The fourth-order valence-corrected chi connectivity index (χ4v) is 2.65. The largest absolute Gasteiger partial charge is 0.399 e. The number of hydrogen-bond donors (Lipinski definition) is 2. The van der Waals surface area contributed by atoms with Gasteiger partial charge in [0.25, 0.3) is 0 Å². The molecular formula is C15H23N3O. The Balaban J connectivity index is 1.82. The Hall–Kier alpha value is -1.55. The number of piperidine rings is 1. The van der Waals surface area contributed by atoms with Gasteiger partial charge in [-0.1, -0.05) is 12.1 Å². The lowest BCUT2D eigenvalue weighted by atomic mass is 9.97. The Kier molecular flexibility index (Phi) is 4.80. The number of nitrogen functional groups attached to an aromatic ring is 1. The topological polar surface area (TPSA) is 58.4 Å². The molecule has 0 spiro atoms. The van der Waals surface area contributed by atoms with Crippen molar-refractivity contribution in [3.05, 3.63) is 29.8 Å². The number of nitrogens with one attached hydrogen (secondary N) is 1. The van der Waals surface area contributed by atoms with Gasteiger partial charge in [0.15, 0.2) is 0 Å². The van der Waals surface area contributed by atoms with E-state index in [-0.39, 0.29) is 11.8 Å². The van der Waals surface area contributed by atoms with E-state index in [1.165, 1.54) is 5.56 Å². The molecule has 1 atom stereocenters. The molecule has 4 heteroatoms. The van der Waals surface area contributed by atoms with Crippen molar-refractivity contribution in [2.45, 2.75) is 19.3 Å². The number of carbonyl (C=O) groups is 1. The molecule has 1 saturated heterocycles. The highest BCUT2D eigenvalue weighted by Gasteiger charge is 2.24. The third-order valence-corrected chi connectivity index (χ3v) is 3.82. The van der Waals surface area contributed by atoms with Crippen molar-refractivity contribution >= 4 is 11.6 Å². The van der Waals surface area contributed by atoms with Gasteiger partial charge in [0.2, 0.25) is 5.91 Å². The number of anilines is 1. The van der Waals surface area contributed by atoms with Crippen LogP contribution in [0.25, 0.3) is 0 Å². The van der Waals surface area contributed by atoms with E-state index in [4.69, 9.17) is 5.73 Å². The van der Waals surface area contributed by atoms with Gasteiger partial charge in [-0.25, -0.2) is 0 Å². The SMILES string of the molecule is CNC(=O)C1CCCN(CCc2ccc(N)cc2)C1. The first-order chi connectivity index (χ1) is 9.19. The maximum atomic E-state index is 11.7. The van der Waals surface area contributed by atoms with E-state index in [2.05, 4.69) is 22.3 Å². The summed E-state index contributed by atoms with van der Waals surface area (Å²) in [5.41, 5.74) is 7.79. The van der Waals surface area contributed by atoms with Crippen LogP contribution in [0.3, 0.4) is 0 Å². The van der Waals surface area contributed by atoms with Crippen LogP contribution in [0.1, 0.15) is 18.4 Å². The number of rotatable bonds is 4. The third-order valence-electron chi connectivity index (χ3n) is 3.82. The lowest BCUT2D eigenvalue weighted by molar-refractivity contribution is -0.126. The van der Waals surface area contributed by atoms with E-state index in [0.717, 1.165) is 44.6 Å². The van der Waals surface area contributed by atoms with Crippen molar-refractivity contribution in [3.63, 3.8) is 0 Å². The zero-order chi connectivity index (χ0) is 13.7. The minimum atomic E-state index is 0.158. The second-order valence-corrected chi connectivity index (χ2v) is 5.25. The highest BCUT2D eigenvalue weighted by atomic mass is 16.1. The van der Waals surface area contributed by atoms with E-state index in [0.29, 0.717) is 0 Å². The van der Waals surface area contributed by atoms with Gasteiger partial charge in [0.05, 0.1) is 5.92 Å². The Bertz CT molecular complexity index is 416. The molecule has 1 amide bonds. The minimum Gasteiger partial charge on any atom is -0.399 e. The Morgan fingerprint density at radius 3 is 2.84 bits per heavy atom. The molecule has 104 valence electrons. The van der Waals surface area contributed by atoms with Crippen LogP contribution in [0, 0.1) is 5.92 Å². The molecule has 0 radical (unpaired) electrons. The van der Waals surface area contributed by atoms with Crippen LogP contribution in [-0.4, -0.2) is 37.5 Å². The van der Waals surface area contributed by atoms with Crippen molar-refractivity contribution in [2.24, 2.45) is 5.92 Å².